The highest BCUT2D eigenvalue weighted by molar-refractivity contribution is 7.13. The summed E-state index contributed by atoms with van der Waals surface area (Å²) >= 11 is 7.08. The summed E-state index contributed by atoms with van der Waals surface area (Å²) in [7, 11) is 0. The Morgan fingerprint density at radius 2 is 2.18 bits per heavy atom. The van der Waals surface area contributed by atoms with Gasteiger partial charge in [0.2, 0.25) is 0 Å². The number of hydrogen-bond donors (Lipinski definition) is 0. The third-order valence-electron chi connectivity index (χ3n) is 3.62. The second kappa shape index (κ2) is 6.75. The molecule has 0 radical (unpaired) electrons. The molecule has 1 unspecified atom stereocenters. The van der Waals surface area contributed by atoms with Gasteiger partial charge in [-0.25, -0.2) is 0 Å². The van der Waals surface area contributed by atoms with E-state index < -0.39 is 0 Å². The van der Waals surface area contributed by atoms with E-state index in [-0.39, 0.29) is 16.0 Å². The summed E-state index contributed by atoms with van der Waals surface area (Å²) in [6, 6.07) is 9.33. The van der Waals surface area contributed by atoms with Crippen LogP contribution in [0.4, 0.5) is 5.00 Å². The van der Waals surface area contributed by atoms with Crippen molar-refractivity contribution in [3.63, 3.8) is 0 Å². The zero-order chi connectivity index (χ0) is 15.5. The lowest BCUT2D eigenvalue weighted by atomic mass is 10.1. The zero-order valence-electron chi connectivity index (χ0n) is 11.8. The molecule has 116 valence electrons. The summed E-state index contributed by atoms with van der Waals surface area (Å²) in [5, 5.41) is 13.5. The van der Waals surface area contributed by atoms with Crippen molar-refractivity contribution in [2.75, 3.05) is 19.7 Å². The molecule has 1 saturated heterocycles. The molecule has 1 aromatic carbocycles. The van der Waals surface area contributed by atoms with E-state index in [1.807, 2.05) is 29.6 Å². The van der Waals surface area contributed by atoms with Gasteiger partial charge in [-0.1, -0.05) is 35.1 Å². The van der Waals surface area contributed by atoms with Crippen LogP contribution >= 0.6 is 22.9 Å². The van der Waals surface area contributed by atoms with Gasteiger partial charge in [0, 0.05) is 36.1 Å². The molecule has 1 aliphatic heterocycles. The van der Waals surface area contributed by atoms with Crippen LogP contribution in [0.5, 0.6) is 0 Å². The van der Waals surface area contributed by atoms with Crippen molar-refractivity contribution in [3.8, 4) is 0 Å². The number of nitrogens with zero attached hydrogens (tertiary/aromatic N) is 2. The molecular formula is C15H15ClN2O3S. The van der Waals surface area contributed by atoms with Gasteiger partial charge in [0.15, 0.2) is 0 Å². The molecule has 5 nitrogen and oxygen atoms in total. The minimum absolute atomic E-state index is 0.0136. The molecule has 2 heterocycles. The maximum Gasteiger partial charge on any atom is 0.324 e. The van der Waals surface area contributed by atoms with Crippen molar-refractivity contribution in [2.45, 2.75) is 12.6 Å². The average Bonchev–Trinajstić information content (AvgIpc) is 2.97. The lowest BCUT2D eigenvalue weighted by Gasteiger charge is -2.33. The molecule has 0 saturated carbocycles. The summed E-state index contributed by atoms with van der Waals surface area (Å²) in [6.07, 6.45) is 0.0136. The monoisotopic (exact) mass is 338 g/mol. The first-order valence-corrected chi connectivity index (χ1v) is 8.19. The first kappa shape index (κ1) is 15.4. The Morgan fingerprint density at radius 3 is 2.86 bits per heavy atom. The smallest absolute Gasteiger partial charge is 0.324 e. The molecule has 1 atom stereocenters. The van der Waals surface area contributed by atoms with E-state index >= 15 is 0 Å². The van der Waals surface area contributed by atoms with E-state index in [2.05, 4.69) is 4.90 Å². The fraction of sp³-hybridized carbons (Fsp3) is 0.333. The van der Waals surface area contributed by atoms with E-state index in [0.717, 1.165) is 24.2 Å². The second-order valence-electron chi connectivity index (χ2n) is 5.20. The number of ether oxygens (including phenoxy) is 1. The molecule has 0 aliphatic carbocycles. The van der Waals surface area contributed by atoms with Crippen LogP contribution in [0.25, 0.3) is 0 Å². The van der Waals surface area contributed by atoms with Crippen molar-refractivity contribution < 1.29 is 9.66 Å². The summed E-state index contributed by atoms with van der Waals surface area (Å²) < 4.78 is 5.82. The lowest BCUT2D eigenvalue weighted by molar-refractivity contribution is -0.380. The fourth-order valence-corrected chi connectivity index (χ4v) is 3.37. The molecule has 1 aromatic heterocycles. The van der Waals surface area contributed by atoms with Crippen LogP contribution in [0.2, 0.25) is 5.02 Å². The maximum absolute atomic E-state index is 10.7. The van der Waals surface area contributed by atoms with Crippen LogP contribution < -0.4 is 0 Å². The molecule has 3 rings (SSSR count). The molecular weight excluding hydrogens is 324 g/mol. The van der Waals surface area contributed by atoms with Gasteiger partial charge in [-0.3, -0.25) is 15.0 Å². The summed E-state index contributed by atoms with van der Waals surface area (Å²) in [6.45, 7) is 2.95. The van der Waals surface area contributed by atoms with Gasteiger partial charge in [0.25, 0.3) is 0 Å². The molecule has 1 aliphatic rings. The highest BCUT2D eigenvalue weighted by Gasteiger charge is 2.22. The SMILES string of the molecule is O=[N+]([O-])c1cc(CN2CCOC(c3ccc(Cl)cc3)C2)cs1. The first-order chi connectivity index (χ1) is 10.6. The van der Waals surface area contributed by atoms with Crippen molar-refractivity contribution >= 4 is 27.9 Å². The largest absolute Gasteiger partial charge is 0.371 e. The van der Waals surface area contributed by atoms with Crippen LogP contribution in [-0.2, 0) is 11.3 Å². The number of hydrogen-bond acceptors (Lipinski definition) is 5. The highest BCUT2D eigenvalue weighted by atomic mass is 35.5. The number of nitro groups is 1. The van der Waals surface area contributed by atoms with E-state index in [1.165, 1.54) is 11.3 Å². The van der Waals surface area contributed by atoms with Gasteiger partial charge in [-0.05, 0) is 23.3 Å². The molecule has 1 fully saturated rings. The van der Waals surface area contributed by atoms with Crippen LogP contribution in [0.1, 0.15) is 17.2 Å². The first-order valence-electron chi connectivity index (χ1n) is 6.93. The number of morpholine rings is 1. The molecule has 0 N–H and O–H groups in total. The van der Waals surface area contributed by atoms with Crippen molar-refractivity contribution in [3.05, 3.63) is 62.0 Å². The van der Waals surface area contributed by atoms with Gasteiger partial charge in [0.05, 0.1) is 17.6 Å². The van der Waals surface area contributed by atoms with Gasteiger partial charge in [-0.2, -0.15) is 0 Å². The fourth-order valence-electron chi connectivity index (χ4n) is 2.52. The summed E-state index contributed by atoms with van der Waals surface area (Å²) in [5.74, 6) is 0. The maximum atomic E-state index is 10.7. The Balaban J connectivity index is 1.65. The minimum Gasteiger partial charge on any atom is -0.371 e. The molecule has 0 amide bonds. The van der Waals surface area contributed by atoms with Crippen molar-refractivity contribution in [1.29, 1.82) is 0 Å². The van der Waals surface area contributed by atoms with E-state index in [1.54, 1.807) is 6.07 Å². The third-order valence-corrected chi connectivity index (χ3v) is 4.80. The molecule has 0 spiro atoms. The number of benzene rings is 1. The molecule has 7 heteroatoms. The van der Waals surface area contributed by atoms with Gasteiger partial charge in [-0.15, -0.1) is 0 Å². The Hall–Kier alpha value is -1.47. The average molecular weight is 339 g/mol. The number of thiophene rings is 1. The van der Waals surface area contributed by atoms with E-state index in [9.17, 15) is 10.1 Å². The summed E-state index contributed by atoms with van der Waals surface area (Å²) in [4.78, 5) is 12.7. The Bertz CT molecular complexity index is 659. The minimum atomic E-state index is -0.343. The number of rotatable bonds is 4. The van der Waals surface area contributed by atoms with Gasteiger partial charge < -0.3 is 4.74 Å². The Morgan fingerprint density at radius 1 is 1.41 bits per heavy atom. The third kappa shape index (κ3) is 3.64. The highest BCUT2D eigenvalue weighted by Crippen LogP contribution is 2.27. The zero-order valence-corrected chi connectivity index (χ0v) is 13.3. The topological polar surface area (TPSA) is 55.6 Å². The van der Waals surface area contributed by atoms with Crippen LogP contribution in [0.3, 0.4) is 0 Å². The van der Waals surface area contributed by atoms with Crippen LogP contribution in [0, 0.1) is 10.1 Å². The standard InChI is InChI=1S/C15H15ClN2O3S/c16-13-3-1-12(2-4-13)14-9-17(5-6-21-14)8-11-7-15(18(19)20)22-10-11/h1-4,7,10,14H,5-6,8-9H2. The van der Waals surface area contributed by atoms with Crippen LogP contribution in [0.15, 0.2) is 35.7 Å². The van der Waals surface area contributed by atoms with Crippen LogP contribution in [-0.4, -0.2) is 29.5 Å². The lowest BCUT2D eigenvalue weighted by Crippen LogP contribution is -2.37. The summed E-state index contributed by atoms with van der Waals surface area (Å²) in [5.41, 5.74) is 2.08. The molecule has 22 heavy (non-hydrogen) atoms. The quantitative estimate of drug-likeness (QED) is 0.627. The predicted octanol–water partition coefficient (Wildman–Crippen LogP) is 3.88. The predicted molar refractivity (Wildman–Crippen MR) is 86.4 cm³/mol. The number of halogens is 1. The normalized spacial score (nSPS) is 19.2. The molecule has 2 aromatic rings. The Kier molecular flexibility index (Phi) is 4.73. The van der Waals surface area contributed by atoms with E-state index in [0.29, 0.717) is 18.2 Å². The van der Waals surface area contributed by atoms with Crippen molar-refractivity contribution in [1.82, 2.24) is 4.90 Å². The van der Waals surface area contributed by atoms with Gasteiger partial charge in [0.1, 0.15) is 0 Å². The Labute approximate surface area is 137 Å². The second-order valence-corrected chi connectivity index (χ2v) is 6.52. The van der Waals surface area contributed by atoms with E-state index in [4.69, 9.17) is 16.3 Å². The van der Waals surface area contributed by atoms with Crippen molar-refractivity contribution in [2.24, 2.45) is 0 Å². The van der Waals surface area contributed by atoms with Gasteiger partial charge >= 0.3 is 5.00 Å². The molecule has 0 bridgehead atoms.